The maximum Gasteiger partial charge on any atom is 0.284 e. The number of carbonyl (C=O) groups is 2. The van der Waals surface area contributed by atoms with Gasteiger partial charge >= 0.3 is 0 Å². The molecule has 0 bridgehead atoms. The number of anilines is 1. The van der Waals surface area contributed by atoms with E-state index in [2.05, 4.69) is 32.9 Å². The van der Waals surface area contributed by atoms with Crippen molar-refractivity contribution in [1.29, 1.82) is 0 Å². The smallest absolute Gasteiger partial charge is 0.284 e. The molecule has 0 saturated carbocycles. The third-order valence-electron chi connectivity index (χ3n) is 8.30. The van der Waals surface area contributed by atoms with Gasteiger partial charge in [0, 0.05) is 54.9 Å². The van der Waals surface area contributed by atoms with Crippen LogP contribution in [0.5, 0.6) is 0 Å². The van der Waals surface area contributed by atoms with Gasteiger partial charge in [0.05, 0.1) is 23.3 Å². The normalized spacial score (nSPS) is 15.6. The van der Waals surface area contributed by atoms with Crippen LogP contribution in [0.15, 0.2) is 77.4 Å². The molecule has 1 fully saturated rings. The topological polar surface area (TPSA) is 143 Å². The minimum Gasteiger partial charge on any atom is -0.382 e. The van der Waals surface area contributed by atoms with Crippen LogP contribution in [0.25, 0.3) is 16.8 Å². The highest BCUT2D eigenvalue weighted by Gasteiger charge is 2.28. The van der Waals surface area contributed by atoms with Crippen LogP contribution in [0, 0.1) is 0 Å². The van der Waals surface area contributed by atoms with Crippen LogP contribution in [0.1, 0.15) is 59.0 Å². The van der Waals surface area contributed by atoms with Crippen molar-refractivity contribution in [3.05, 3.63) is 101 Å². The molecule has 0 radical (unpaired) electrons. The van der Waals surface area contributed by atoms with Crippen molar-refractivity contribution in [1.82, 2.24) is 24.2 Å². The van der Waals surface area contributed by atoms with Crippen molar-refractivity contribution in [2.24, 2.45) is 10.7 Å². The molecule has 1 aromatic carbocycles. The molecular weight excluding hydrogens is 544 g/mol. The van der Waals surface area contributed by atoms with Crippen LogP contribution in [-0.2, 0) is 17.8 Å². The average molecular weight is 579 g/mol. The summed E-state index contributed by atoms with van der Waals surface area (Å²) in [6, 6.07) is 13.1. The summed E-state index contributed by atoms with van der Waals surface area (Å²) >= 11 is 0. The first kappa shape index (κ1) is 28.0. The molecule has 0 atom stereocenters. The van der Waals surface area contributed by atoms with Gasteiger partial charge in [-0.2, -0.15) is 0 Å². The number of nitrogens with zero attached hydrogens (tertiary/aromatic N) is 5. The van der Waals surface area contributed by atoms with Crippen LogP contribution >= 0.6 is 0 Å². The van der Waals surface area contributed by atoms with Gasteiger partial charge in [0.15, 0.2) is 0 Å². The number of nitrogens with two attached hydrogens (primary N) is 1. The molecule has 2 aliphatic rings. The monoisotopic (exact) mass is 578 g/mol. The second-order valence-corrected chi connectivity index (χ2v) is 10.9. The third-order valence-corrected chi connectivity index (χ3v) is 8.30. The van der Waals surface area contributed by atoms with E-state index in [1.54, 1.807) is 28.0 Å². The summed E-state index contributed by atoms with van der Waals surface area (Å²) in [6.45, 7) is 5.75. The maximum atomic E-state index is 13.6. The molecule has 0 spiro atoms. The minimum absolute atomic E-state index is 0.166. The number of piperidine rings is 1. The summed E-state index contributed by atoms with van der Waals surface area (Å²) < 4.78 is 3.46. The van der Waals surface area contributed by atoms with E-state index in [4.69, 9.17) is 5.73 Å². The van der Waals surface area contributed by atoms with Crippen LogP contribution in [0.4, 0.5) is 5.69 Å². The summed E-state index contributed by atoms with van der Waals surface area (Å²) in [5.74, 6) is 0.157. The quantitative estimate of drug-likeness (QED) is 0.166. The number of hydrogen-bond donors (Lipinski definition) is 3. The largest absolute Gasteiger partial charge is 0.382 e. The van der Waals surface area contributed by atoms with Gasteiger partial charge in [-0.05, 0) is 68.0 Å². The number of carbonyl (C=O) groups excluding carboxylic acids is 2. The van der Waals surface area contributed by atoms with Crippen molar-refractivity contribution < 1.29 is 9.59 Å². The molecule has 0 aliphatic carbocycles. The average Bonchev–Trinajstić information content (AvgIpc) is 3.61. The molecule has 43 heavy (non-hydrogen) atoms. The molecule has 0 unspecified atom stereocenters. The maximum absolute atomic E-state index is 13.6. The predicted octanol–water partition coefficient (Wildman–Crippen LogP) is 3.80. The number of amides is 2. The Morgan fingerprint density at radius 3 is 2.63 bits per heavy atom. The van der Waals surface area contributed by atoms with Crippen LogP contribution in [0.3, 0.4) is 0 Å². The Kier molecular flexibility index (Phi) is 7.78. The number of benzene rings is 1. The van der Waals surface area contributed by atoms with Gasteiger partial charge < -0.3 is 20.9 Å². The SMILES string of the molecule is C=C/N=C(/N)c1[nH]c(C2CCN(C=O)CC2)cc1-c1ccc(NC(=O)c2c3n(n(-c4cccnc4)c2=O)CCCC3)cc1. The Morgan fingerprint density at radius 1 is 1.14 bits per heavy atom. The Labute approximate surface area is 248 Å². The lowest BCUT2D eigenvalue weighted by molar-refractivity contribution is -0.119. The van der Waals surface area contributed by atoms with Crippen molar-refractivity contribution in [3.63, 3.8) is 0 Å². The Bertz CT molecular complexity index is 1740. The molecular formula is C32H34N8O3. The summed E-state index contributed by atoms with van der Waals surface area (Å²) in [4.78, 5) is 51.8. The van der Waals surface area contributed by atoms with Crippen LogP contribution in [0.2, 0.25) is 0 Å². The molecule has 3 aromatic heterocycles. The standard InChI is InChI=1S/C32H34N8O3/c1-2-35-30(33)29-25(18-26(37-29)22-12-16-38(20-41)17-13-22)21-8-10-23(11-9-21)36-31(42)28-27-7-3-4-15-39(27)40(32(28)43)24-6-5-14-34-19-24/h2,5-6,8-11,14,18-20,22,37H,1,3-4,7,12-13,15-17H2,(H2,33,35)(H,36,42). The number of rotatable bonds is 8. The third kappa shape index (κ3) is 5.41. The van der Waals surface area contributed by atoms with Crippen LogP contribution < -0.4 is 16.6 Å². The van der Waals surface area contributed by atoms with Gasteiger partial charge in [0.2, 0.25) is 6.41 Å². The lowest BCUT2D eigenvalue weighted by Crippen LogP contribution is -2.31. The number of fused-ring (bicyclic) bond motifs is 1. The molecule has 11 nitrogen and oxygen atoms in total. The fourth-order valence-corrected chi connectivity index (χ4v) is 6.13. The molecule has 220 valence electrons. The number of nitrogens with one attached hydrogen (secondary N) is 2. The van der Waals surface area contributed by atoms with Gasteiger partial charge in [-0.25, -0.2) is 9.67 Å². The van der Waals surface area contributed by atoms with E-state index in [0.29, 0.717) is 49.0 Å². The summed E-state index contributed by atoms with van der Waals surface area (Å²) in [5, 5.41) is 2.93. The van der Waals surface area contributed by atoms with Crippen molar-refractivity contribution >= 4 is 23.8 Å². The Morgan fingerprint density at radius 2 is 1.93 bits per heavy atom. The first-order valence-corrected chi connectivity index (χ1v) is 14.5. The number of pyridine rings is 1. The lowest BCUT2D eigenvalue weighted by atomic mass is 9.93. The highest BCUT2D eigenvalue weighted by Crippen LogP contribution is 2.33. The van der Waals surface area contributed by atoms with E-state index in [-0.39, 0.29) is 17.0 Å². The highest BCUT2D eigenvalue weighted by atomic mass is 16.2. The van der Waals surface area contributed by atoms with Gasteiger partial charge in [-0.3, -0.25) is 24.0 Å². The van der Waals surface area contributed by atoms with Gasteiger partial charge in [-0.15, -0.1) is 0 Å². The Balaban J connectivity index is 1.27. The first-order valence-electron chi connectivity index (χ1n) is 14.5. The van der Waals surface area contributed by atoms with Crippen molar-refractivity contribution in [3.8, 4) is 16.8 Å². The number of amidine groups is 1. The van der Waals surface area contributed by atoms with Gasteiger partial charge in [-0.1, -0.05) is 18.7 Å². The zero-order valence-corrected chi connectivity index (χ0v) is 23.8. The number of aliphatic imine (C=N–C) groups is 1. The summed E-state index contributed by atoms with van der Waals surface area (Å²) in [5.41, 5.74) is 11.6. The van der Waals surface area contributed by atoms with E-state index in [0.717, 1.165) is 54.6 Å². The molecule has 5 heterocycles. The number of aromatic nitrogens is 4. The van der Waals surface area contributed by atoms with E-state index in [1.807, 2.05) is 35.0 Å². The first-order chi connectivity index (χ1) is 21.0. The van der Waals surface area contributed by atoms with Crippen molar-refractivity contribution in [2.45, 2.75) is 44.6 Å². The minimum atomic E-state index is -0.431. The summed E-state index contributed by atoms with van der Waals surface area (Å²) in [6.07, 6.45) is 9.81. The van der Waals surface area contributed by atoms with Crippen molar-refractivity contribution in [2.75, 3.05) is 18.4 Å². The molecule has 4 aromatic rings. The Hall–Kier alpha value is -5.19. The number of hydrogen-bond acceptors (Lipinski definition) is 5. The fraction of sp³-hybridized carbons (Fsp3) is 0.281. The molecule has 1 saturated heterocycles. The van der Waals surface area contributed by atoms with E-state index < -0.39 is 5.91 Å². The van der Waals surface area contributed by atoms with Gasteiger partial charge in [0.1, 0.15) is 11.4 Å². The number of H-pyrrole nitrogens is 1. The zero-order valence-electron chi connectivity index (χ0n) is 23.8. The van der Waals surface area contributed by atoms with E-state index >= 15 is 0 Å². The second kappa shape index (κ2) is 12.0. The van der Waals surface area contributed by atoms with E-state index in [9.17, 15) is 14.4 Å². The number of likely N-dealkylation sites (tertiary alicyclic amines) is 1. The molecule has 2 amide bonds. The van der Waals surface area contributed by atoms with Crippen LogP contribution in [-0.4, -0.2) is 55.5 Å². The second-order valence-electron chi connectivity index (χ2n) is 10.9. The highest BCUT2D eigenvalue weighted by molar-refractivity contribution is 6.05. The molecule has 11 heteroatoms. The zero-order chi connectivity index (χ0) is 29.9. The number of aromatic amines is 1. The lowest BCUT2D eigenvalue weighted by Gasteiger charge is -2.28. The molecule has 6 rings (SSSR count). The molecule has 4 N–H and O–H groups in total. The van der Waals surface area contributed by atoms with Gasteiger partial charge in [0.25, 0.3) is 11.5 Å². The molecule has 2 aliphatic heterocycles. The summed E-state index contributed by atoms with van der Waals surface area (Å²) in [7, 11) is 0. The van der Waals surface area contributed by atoms with E-state index in [1.165, 1.54) is 6.20 Å². The fourth-order valence-electron chi connectivity index (χ4n) is 6.13. The predicted molar refractivity (Wildman–Crippen MR) is 165 cm³/mol.